The minimum absolute atomic E-state index is 0.192. The van der Waals surface area contributed by atoms with Gasteiger partial charge in [-0.1, -0.05) is 23.1 Å². The minimum Gasteiger partial charge on any atom is -0.274 e. The van der Waals surface area contributed by atoms with Crippen LogP contribution in [0.25, 0.3) is 0 Å². The highest BCUT2D eigenvalue weighted by atomic mass is 32.2. The fourth-order valence-corrected chi connectivity index (χ4v) is 2.78. The summed E-state index contributed by atoms with van der Waals surface area (Å²) in [6.07, 6.45) is 1.37. The summed E-state index contributed by atoms with van der Waals surface area (Å²) >= 11 is 2.94. The van der Waals surface area contributed by atoms with Crippen molar-refractivity contribution in [3.05, 3.63) is 17.2 Å². The van der Waals surface area contributed by atoms with Gasteiger partial charge in [0.15, 0.2) is 4.34 Å². The Kier molecular flexibility index (Phi) is 3.35. The molecule has 16 heavy (non-hydrogen) atoms. The first-order valence-electron chi connectivity index (χ1n) is 4.61. The lowest BCUT2D eigenvalue weighted by Gasteiger charge is -2.12. The van der Waals surface area contributed by atoms with Crippen LogP contribution in [0.5, 0.6) is 0 Å². The Hall–Kier alpha value is -1.21. The smallest absolute Gasteiger partial charge is 0.256 e. The van der Waals surface area contributed by atoms with Crippen molar-refractivity contribution < 1.29 is 9.59 Å². The molecule has 84 valence electrons. The SMILES string of the molecule is CC1=CC(=O)N(CCSc2nncs2)C1=O. The van der Waals surface area contributed by atoms with Gasteiger partial charge < -0.3 is 0 Å². The van der Waals surface area contributed by atoms with Gasteiger partial charge in [0.05, 0.1) is 0 Å². The van der Waals surface area contributed by atoms with Gasteiger partial charge in [-0.05, 0) is 6.92 Å². The number of thioether (sulfide) groups is 1. The molecule has 0 saturated carbocycles. The first-order chi connectivity index (χ1) is 7.68. The summed E-state index contributed by atoms with van der Waals surface area (Å²) in [5.41, 5.74) is 2.16. The van der Waals surface area contributed by atoms with E-state index in [1.54, 1.807) is 12.4 Å². The maximum absolute atomic E-state index is 11.5. The Morgan fingerprint density at radius 2 is 2.31 bits per heavy atom. The molecule has 0 atom stereocenters. The van der Waals surface area contributed by atoms with Gasteiger partial charge in [-0.3, -0.25) is 14.5 Å². The highest BCUT2D eigenvalue weighted by molar-refractivity contribution is 8.01. The quantitative estimate of drug-likeness (QED) is 0.592. The third-order valence-corrected chi connectivity index (χ3v) is 3.91. The van der Waals surface area contributed by atoms with E-state index in [1.807, 2.05) is 0 Å². The lowest BCUT2D eigenvalue weighted by Crippen LogP contribution is -2.32. The molecule has 1 aliphatic heterocycles. The summed E-state index contributed by atoms with van der Waals surface area (Å²) in [6.45, 7) is 2.06. The van der Waals surface area contributed by atoms with Gasteiger partial charge in [0.2, 0.25) is 0 Å². The summed E-state index contributed by atoms with van der Waals surface area (Å²) in [5, 5.41) is 7.57. The van der Waals surface area contributed by atoms with E-state index in [0.29, 0.717) is 17.9 Å². The van der Waals surface area contributed by atoms with E-state index < -0.39 is 0 Å². The number of rotatable bonds is 4. The molecule has 2 amide bonds. The molecule has 0 aliphatic carbocycles. The zero-order chi connectivity index (χ0) is 11.5. The summed E-state index contributed by atoms with van der Waals surface area (Å²) in [4.78, 5) is 24.1. The Bertz CT molecular complexity index is 442. The molecule has 1 aromatic heterocycles. The van der Waals surface area contributed by atoms with Gasteiger partial charge >= 0.3 is 0 Å². The van der Waals surface area contributed by atoms with Crippen LogP contribution in [0.15, 0.2) is 21.5 Å². The topological polar surface area (TPSA) is 63.2 Å². The molecule has 0 fully saturated rings. The normalized spacial score (nSPS) is 15.8. The molecule has 2 rings (SSSR count). The molecule has 1 aliphatic rings. The van der Waals surface area contributed by atoms with Gasteiger partial charge in [-0.2, -0.15) is 0 Å². The highest BCUT2D eigenvalue weighted by Gasteiger charge is 2.27. The van der Waals surface area contributed by atoms with Crippen LogP contribution in [0, 0.1) is 0 Å². The Morgan fingerprint density at radius 1 is 1.50 bits per heavy atom. The Balaban J connectivity index is 1.83. The summed E-state index contributed by atoms with van der Waals surface area (Å²) in [6, 6.07) is 0. The molecule has 0 spiro atoms. The maximum atomic E-state index is 11.5. The van der Waals surface area contributed by atoms with Crippen molar-refractivity contribution in [3.8, 4) is 0 Å². The number of carbonyl (C=O) groups excluding carboxylic acids is 2. The van der Waals surface area contributed by atoms with Gasteiger partial charge in [0.25, 0.3) is 11.8 Å². The third-order valence-electron chi connectivity index (χ3n) is 2.07. The third kappa shape index (κ3) is 2.30. The minimum atomic E-state index is -0.222. The average molecular weight is 255 g/mol. The first-order valence-corrected chi connectivity index (χ1v) is 6.48. The van der Waals surface area contributed by atoms with Crippen molar-refractivity contribution >= 4 is 34.9 Å². The molecule has 1 aromatic rings. The van der Waals surface area contributed by atoms with Crippen LogP contribution >= 0.6 is 23.1 Å². The fourth-order valence-electron chi connectivity index (χ4n) is 1.30. The number of hydrogen-bond acceptors (Lipinski definition) is 6. The van der Waals surface area contributed by atoms with Gasteiger partial charge in [0, 0.05) is 23.9 Å². The molecule has 0 unspecified atom stereocenters. The molecular weight excluding hydrogens is 246 g/mol. The molecule has 2 heterocycles. The number of amides is 2. The van der Waals surface area contributed by atoms with E-state index in [1.165, 1.54) is 34.1 Å². The van der Waals surface area contributed by atoms with Crippen molar-refractivity contribution in [2.75, 3.05) is 12.3 Å². The van der Waals surface area contributed by atoms with Gasteiger partial charge in [-0.25, -0.2) is 0 Å². The van der Waals surface area contributed by atoms with Crippen molar-refractivity contribution in [3.63, 3.8) is 0 Å². The molecular formula is C9H9N3O2S2. The Morgan fingerprint density at radius 3 is 2.88 bits per heavy atom. The molecule has 0 radical (unpaired) electrons. The summed E-state index contributed by atoms with van der Waals surface area (Å²) in [5.74, 6) is 0.233. The largest absolute Gasteiger partial charge is 0.274 e. The Labute approximate surface area is 101 Å². The van der Waals surface area contributed by atoms with Crippen molar-refractivity contribution in [2.45, 2.75) is 11.3 Å². The fraction of sp³-hybridized carbons (Fsp3) is 0.333. The van der Waals surface area contributed by atoms with Crippen LogP contribution in [-0.4, -0.2) is 39.2 Å². The molecule has 7 heteroatoms. The van der Waals surface area contributed by atoms with Crippen molar-refractivity contribution in [1.29, 1.82) is 0 Å². The van der Waals surface area contributed by atoms with Crippen molar-refractivity contribution in [1.82, 2.24) is 15.1 Å². The molecule has 5 nitrogen and oxygen atoms in total. The highest BCUT2D eigenvalue weighted by Crippen LogP contribution is 2.20. The lowest BCUT2D eigenvalue weighted by atomic mass is 10.3. The van der Waals surface area contributed by atoms with Crippen LogP contribution in [-0.2, 0) is 9.59 Å². The van der Waals surface area contributed by atoms with Gasteiger partial charge in [-0.15, -0.1) is 10.2 Å². The number of imide groups is 1. The van der Waals surface area contributed by atoms with Crippen LogP contribution in [0.3, 0.4) is 0 Å². The van der Waals surface area contributed by atoms with E-state index in [-0.39, 0.29) is 11.8 Å². The second-order valence-electron chi connectivity index (χ2n) is 3.18. The number of carbonyl (C=O) groups is 2. The van der Waals surface area contributed by atoms with Crippen molar-refractivity contribution in [2.24, 2.45) is 0 Å². The standard InChI is InChI=1S/C9H9N3O2S2/c1-6-4-7(13)12(8(6)14)2-3-15-9-11-10-5-16-9/h4-5H,2-3H2,1H3. The van der Waals surface area contributed by atoms with E-state index >= 15 is 0 Å². The predicted molar refractivity (Wildman–Crippen MR) is 61.1 cm³/mol. The molecule has 0 saturated heterocycles. The second kappa shape index (κ2) is 4.75. The summed E-state index contributed by atoms with van der Waals surface area (Å²) in [7, 11) is 0. The van der Waals surface area contributed by atoms with Crippen LogP contribution < -0.4 is 0 Å². The number of hydrogen-bond donors (Lipinski definition) is 0. The summed E-state index contributed by atoms with van der Waals surface area (Å²) < 4.78 is 0.851. The molecule has 0 aromatic carbocycles. The van der Waals surface area contributed by atoms with Gasteiger partial charge in [0.1, 0.15) is 5.51 Å². The van der Waals surface area contributed by atoms with Crippen LogP contribution in [0.2, 0.25) is 0 Å². The zero-order valence-electron chi connectivity index (χ0n) is 8.54. The number of nitrogens with zero attached hydrogens (tertiary/aromatic N) is 3. The monoisotopic (exact) mass is 255 g/mol. The van der Waals surface area contributed by atoms with E-state index in [9.17, 15) is 9.59 Å². The van der Waals surface area contributed by atoms with Crippen LogP contribution in [0.4, 0.5) is 0 Å². The average Bonchev–Trinajstić information content (AvgIpc) is 2.82. The predicted octanol–water partition coefficient (Wildman–Crippen LogP) is 0.945. The number of aromatic nitrogens is 2. The second-order valence-corrected chi connectivity index (χ2v) is 5.35. The van der Waals surface area contributed by atoms with E-state index in [0.717, 1.165) is 4.34 Å². The zero-order valence-corrected chi connectivity index (χ0v) is 10.2. The maximum Gasteiger partial charge on any atom is 0.256 e. The molecule has 0 N–H and O–H groups in total. The lowest BCUT2D eigenvalue weighted by molar-refractivity contribution is -0.136. The van der Waals surface area contributed by atoms with E-state index in [4.69, 9.17) is 0 Å². The van der Waals surface area contributed by atoms with Crippen LogP contribution in [0.1, 0.15) is 6.92 Å². The first kappa shape index (κ1) is 11.3. The van der Waals surface area contributed by atoms with E-state index in [2.05, 4.69) is 10.2 Å². The molecule has 0 bridgehead atoms.